The van der Waals surface area contributed by atoms with E-state index in [0.29, 0.717) is 12.5 Å². The van der Waals surface area contributed by atoms with E-state index in [1.807, 2.05) is 20.9 Å². The van der Waals surface area contributed by atoms with Crippen LogP contribution < -0.4 is 10.6 Å². The summed E-state index contributed by atoms with van der Waals surface area (Å²) in [5, 5.41) is 6.57. The van der Waals surface area contributed by atoms with Gasteiger partial charge in [-0.2, -0.15) is 0 Å². The van der Waals surface area contributed by atoms with Gasteiger partial charge in [-0.15, -0.1) is 24.0 Å². The molecule has 0 spiro atoms. The minimum Gasteiger partial charge on any atom is -0.373 e. The van der Waals surface area contributed by atoms with Crippen LogP contribution in [0.4, 0.5) is 0 Å². The van der Waals surface area contributed by atoms with E-state index >= 15 is 0 Å². The molecule has 2 unspecified atom stereocenters. The van der Waals surface area contributed by atoms with Crippen LogP contribution in [0, 0.1) is 12.8 Å². The fourth-order valence-corrected chi connectivity index (χ4v) is 4.42. The van der Waals surface area contributed by atoms with Crippen LogP contribution in [0.5, 0.6) is 0 Å². The van der Waals surface area contributed by atoms with Gasteiger partial charge >= 0.3 is 0 Å². The number of carbonyl (C=O) groups excluding carboxylic acids is 1. The smallest absolute Gasteiger partial charge is 0.234 e. The third-order valence-corrected chi connectivity index (χ3v) is 6.07. The Morgan fingerprint density at radius 2 is 1.88 bits per heavy atom. The van der Waals surface area contributed by atoms with Gasteiger partial charge in [-0.25, -0.2) is 0 Å². The zero-order valence-electron chi connectivity index (χ0n) is 20.0. The predicted molar refractivity (Wildman–Crippen MR) is 141 cm³/mol. The van der Waals surface area contributed by atoms with Crippen molar-refractivity contribution in [3.8, 4) is 0 Å². The van der Waals surface area contributed by atoms with Gasteiger partial charge in [0.2, 0.25) is 5.91 Å². The topological polar surface area (TPSA) is 69.2 Å². The Balaban J connectivity index is 0.00000363. The first-order valence-corrected chi connectivity index (χ1v) is 11.6. The highest BCUT2D eigenvalue weighted by Crippen LogP contribution is 2.33. The van der Waals surface area contributed by atoms with Crippen molar-refractivity contribution in [3.63, 3.8) is 0 Å². The molecule has 2 saturated heterocycles. The Bertz CT molecular complexity index is 732. The summed E-state index contributed by atoms with van der Waals surface area (Å²) in [7, 11) is 1.85. The Labute approximate surface area is 210 Å². The number of hydrogen-bond acceptors (Lipinski definition) is 4. The molecule has 0 aliphatic carbocycles. The lowest BCUT2D eigenvalue weighted by Crippen LogP contribution is -2.54. The molecule has 8 heteroatoms. The second-order valence-electron chi connectivity index (χ2n) is 9.02. The largest absolute Gasteiger partial charge is 0.373 e. The van der Waals surface area contributed by atoms with Gasteiger partial charge in [0.25, 0.3) is 0 Å². The maximum absolute atomic E-state index is 12.0. The number of aliphatic imine (C=N–C) groups is 1. The van der Waals surface area contributed by atoms with Gasteiger partial charge in [-0.3, -0.25) is 14.7 Å². The van der Waals surface area contributed by atoms with Crippen LogP contribution in [0.3, 0.4) is 0 Å². The zero-order valence-corrected chi connectivity index (χ0v) is 22.3. The van der Waals surface area contributed by atoms with Crippen LogP contribution in [0.15, 0.2) is 29.3 Å². The molecule has 1 amide bonds. The number of halogens is 1. The molecule has 3 rings (SSSR count). The van der Waals surface area contributed by atoms with Crippen LogP contribution in [-0.2, 0) is 9.53 Å². The minimum atomic E-state index is 0. The Morgan fingerprint density at radius 3 is 2.50 bits per heavy atom. The van der Waals surface area contributed by atoms with Crippen molar-refractivity contribution in [1.29, 1.82) is 0 Å². The first-order valence-electron chi connectivity index (χ1n) is 11.6. The van der Waals surface area contributed by atoms with Gasteiger partial charge in [0.1, 0.15) is 0 Å². The van der Waals surface area contributed by atoms with Gasteiger partial charge in [-0.05, 0) is 39.2 Å². The van der Waals surface area contributed by atoms with E-state index in [1.54, 1.807) is 0 Å². The number of ether oxygens (including phenoxy) is 1. The van der Waals surface area contributed by atoms with E-state index < -0.39 is 0 Å². The van der Waals surface area contributed by atoms with Crippen molar-refractivity contribution < 1.29 is 9.53 Å². The number of nitrogens with zero attached hydrogens (tertiary/aromatic N) is 3. The van der Waals surface area contributed by atoms with Crippen LogP contribution in [0.1, 0.15) is 43.9 Å². The molecule has 2 fully saturated rings. The van der Waals surface area contributed by atoms with Crippen LogP contribution >= 0.6 is 24.0 Å². The van der Waals surface area contributed by atoms with E-state index in [1.165, 1.54) is 11.1 Å². The summed E-state index contributed by atoms with van der Waals surface area (Å²) in [6.07, 6.45) is 2.39. The molecule has 0 bridgehead atoms. The summed E-state index contributed by atoms with van der Waals surface area (Å²) < 4.78 is 6.17. The molecule has 2 aliphatic rings. The summed E-state index contributed by atoms with van der Waals surface area (Å²) in [6, 6.07) is 8.91. The summed E-state index contributed by atoms with van der Waals surface area (Å²) in [5.41, 5.74) is 2.54. The number of rotatable bonds is 6. The third-order valence-electron chi connectivity index (χ3n) is 6.07. The van der Waals surface area contributed by atoms with E-state index in [2.05, 4.69) is 56.6 Å². The van der Waals surface area contributed by atoms with Crippen LogP contribution in [0.25, 0.3) is 0 Å². The number of guanidine groups is 1. The molecule has 0 radical (unpaired) electrons. The van der Waals surface area contributed by atoms with Gasteiger partial charge < -0.3 is 20.3 Å². The zero-order chi connectivity index (χ0) is 22.2. The number of piperazine rings is 1. The lowest BCUT2D eigenvalue weighted by atomic mass is 9.89. The molecular formula is C24H40IN5O2. The number of carbonyl (C=O) groups is 1. The predicted octanol–water partition coefficient (Wildman–Crippen LogP) is 2.80. The standard InChI is InChI=1S/C24H39N5O2.HI/c1-18(2)27-22(30)17-28-11-13-29(14-12-28)24(25-4)26-16-21-6-5-15-31-23(21)20-9-7-19(3)8-10-20;/h7-10,18,21,23H,5-6,11-17H2,1-4H3,(H,25,26)(H,27,30);1H. The number of amides is 1. The monoisotopic (exact) mass is 557 g/mol. The fourth-order valence-electron chi connectivity index (χ4n) is 4.42. The summed E-state index contributed by atoms with van der Waals surface area (Å²) in [6.45, 7) is 11.7. The van der Waals surface area contributed by atoms with Gasteiger partial charge in [-0.1, -0.05) is 29.8 Å². The van der Waals surface area contributed by atoms with Crippen LogP contribution in [-0.4, -0.2) is 80.6 Å². The second-order valence-corrected chi connectivity index (χ2v) is 9.02. The maximum Gasteiger partial charge on any atom is 0.234 e. The van der Waals surface area contributed by atoms with Gasteiger partial charge in [0, 0.05) is 58.3 Å². The molecule has 0 saturated carbocycles. The SMILES string of the molecule is CN=C(NCC1CCCOC1c1ccc(C)cc1)N1CCN(CC(=O)NC(C)C)CC1.I. The van der Waals surface area contributed by atoms with Crippen LogP contribution in [0.2, 0.25) is 0 Å². The highest BCUT2D eigenvalue weighted by Gasteiger charge is 2.28. The number of benzene rings is 1. The number of nitrogens with one attached hydrogen (secondary N) is 2. The van der Waals surface area contributed by atoms with Gasteiger partial charge in [0.15, 0.2) is 5.96 Å². The number of hydrogen-bond donors (Lipinski definition) is 2. The van der Waals surface area contributed by atoms with E-state index in [0.717, 1.165) is 58.1 Å². The Morgan fingerprint density at radius 1 is 1.19 bits per heavy atom. The summed E-state index contributed by atoms with van der Waals surface area (Å²) >= 11 is 0. The van der Waals surface area contributed by atoms with E-state index in [4.69, 9.17) is 4.74 Å². The molecule has 2 atom stereocenters. The van der Waals surface area contributed by atoms with Gasteiger partial charge in [0.05, 0.1) is 12.6 Å². The summed E-state index contributed by atoms with van der Waals surface area (Å²) in [5.74, 6) is 1.47. The average Bonchev–Trinajstić information content (AvgIpc) is 2.75. The van der Waals surface area contributed by atoms with Crippen molar-refractivity contribution in [2.45, 2.75) is 45.8 Å². The normalized spacial score (nSPS) is 22.4. The van der Waals surface area contributed by atoms with E-state index in [9.17, 15) is 4.79 Å². The van der Waals surface area contributed by atoms with Crippen molar-refractivity contribution in [3.05, 3.63) is 35.4 Å². The Kier molecular flexibility index (Phi) is 11.2. The highest BCUT2D eigenvalue weighted by molar-refractivity contribution is 14.0. The first kappa shape index (κ1) is 26.9. The van der Waals surface area contributed by atoms with Crippen molar-refractivity contribution in [2.75, 3.05) is 52.9 Å². The highest BCUT2D eigenvalue weighted by atomic mass is 127. The molecule has 180 valence electrons. The Hall–Kier alpha value is -1.39. The lowest BCUT2D eigenvalue weighted by molar-refractivity contribution is -0.123. The minimum absolute atomic E-state index is 0. The second kappa shape index (κ2) is 13.3. The molecule has 2 heterocycles. The summed E-state index contributed by atoms with van der Waals surface area (Å²) in [4.78, 5) is 21.1. The maximum atomic E-state index is 12.0. The lowest BCUT2D eigenvalue weighted by Gasteiger charge is -2.37. The molecule has 2 N–H and O–H groups in total. The van der Waals surface area contributed by atoms with Crippen molar-refractivity contribution in [1.82, 2.24) is 20.4 Å². The average molecular weight is 558 g/mol. The molecule has 0 aromatic heterocycles. The molecule has 7 nitrogen and oxygen atoms in total. The third kappa shape index (κ3) is 7.88. The molecule has 1 aromatic carbocycles. The molecule has 32 heavy (non-hydrogen) atoms. The van der Waals surface area contributed by atoms with E-state index in [-0.39, 0.29) is 42.0 Å². The number of aryl methyl sites for hydroxylation is 1. The first-order chi connectivity index (χ1) is 15.0. The molecule has 1 aromatic rings. The molecular weight excluding hydrogens is 517 g/mol. The fraction of sp³-hybridized carbons (Fsp3) is 0.667. The molecule has 2 aliphatic heterocycles. The van der Waals surface area contributed by atoms with Crippen molar-refractivity contribution >= 4 is 35.8 Å². The quantitative estimate of drug-likeness (QED) is 0.320. The van der Waals surface area contributed by atoms with Crippen molar-refractivity contribution in [2.24, 2.45) is 10.9 Å².